The highest BCUT2D eigenvalue weighted by molar-refractivity contribution is 9.10. The zero-order chi connectivity index (χ0) is 14.1. The predicted molar refractivity (Wildman–Crippen MR) is 99.3 cm³/mol. The maximum absolute atomic E-state index is 12.1. The van der Waals surface area contributed by atoms with Gasteiger partial charge >= 0.3 is 0 Å². The van der Waals surface area contributed by atoms with Crippen molar-refractivity contribution in [3.8, 4) is 0 Å². The molecule has 1 amide bonds. The number of fused-ring (bicyclic) bond motifs is 1. The fourth-order valence-electron chi connectivity index (χ4n) is 2.44. The molecule has 2 heterocycles. The number of halogens is 3. The van der Waals surface area contributed by atoms with Crippen molar-refractivity contribution in [1.82, 2.24) is 9.88 Å². The minimum Gasteiger partial charge on any atom is -0.341 e. The molecule has 1 aliphatic rings. The molecule has 0 aliphatic carbocycles. The molecule has 1 aliphatic heterocycles. The number of aryl methyl sites for hydroxylation is 1. The molecule has 1 atom stereocenters. The third kappa shape index (κ3) is 4.55. The summed E-state index contributed by atoms with van der Waals surface area (Å²) < 4.78 is 2.20. The lowest BCUT2D eigenvalue weighted by molar-refractivity contribution is -0.130. The van der Waals surface area contributed by atoms with E-state index in [0.29, 0.717) is 19.4 Å². The van der Waals surface area contributed by atoms with Crippen LogP contribution in [0.4, 0.5) is 0 Å². The van der Waals surface area contributed by atoms with Gasteiger partial charge < -0.3 is 10.6 Å². The lowest BCUT2D eigenvalue weighted by Crippen LogP contribution is -2.31. The zero-order valence-electron chi connectivity index (χ0n) is 11.8. The van der Waals surface area contributed by atoms with Gasteiger partial charge in [0, 0.05) is 36.4 Å². The maximum atomic E-state index is 12.1. The van der Waals surface area contributed by atoms with E-state index in [1.807, 2.05) is 17.0 Å². The van der Waals surface area contributed by atoms with Crippen molar-refractivity contribution < 1.29 is 4.79 Å². The molecule has 122 valence electrons. The van der Waals surface area contributed by atoms with Crippen molar-refractivity contribution in [2.75, 3.05) is 13.1 Å². The second-order valence-corrected chi connectivity index (χ2v) is 7.14. The summed E-state index contributed by atoms with van der Waals surface area (Å²) in [7, 11) is 0. The van der Waals surface area contributed by atoms with Gasteiger partial charge in [-0.15, -0.1) is 36.2 Å². The number of carbonyl (C=O) groups excluding carboxylic acids is 1. The highest BCUT2D eigenvalue weighted by atomic mass is 79.9. The summed E-state index contributed by atoms with van der Waals surface area (Å²) in [6, 6.07) is 6.23. The Balaban J connectivity index is 0.00000121. The van der Waals surface area contributed by atoms with Crippen molar-refractivity contribution in [3.05, 3.63) is 27.7 Å². The Hall–Kier alpha value is -0.400. The van der Waals surface area contributed by atoms with Crippen molar-refractivity contribution in [1.29, 1.82) is 0 Å². The summed E-state index contributed by atoms with van der Waals surface area (Å²) in [6.07, 6.45) is 2.15. The molecule has 1 fully saturated rings. The quantitative estimate of drug-likeness (QED) is 0.817. The predicted octanol–water partition coefficient (Wildman–Crippen LogP) is 3.39. The lowest BCUT2D eigenvalue weighted by Gasteiger charge is -2.14. The molecule has 1 unspecified atom stereocenters. The SMILES string of the molecule is Cl.Cl.NC1CCN(C(=O)CCc2nc3cc(Br)ccc3s2)C1. The number of rotatable bonds is 3. The van der Waals surface area contributed by atoms with Crippen LogP contribution in [0, 0.1) is 0 Å². The number of nitrogens with two attached hydrogens (primary N) is 1. The summed E-state index contributed by atoms with van der Waals surface area (Å²) in [5.74, 6) is 0.193. The number of likely N-dealkylation sites (tertiary alicyclic amines) is 1. The monoisotopic (exact) mass is 425 g/mol. The minimum absolute atomic E-state index is 0. The first-order valence-corrected chi connectivity index (χ1v) is 8.31. The average Bonchev–Trinajstić information content (AvgIpc) is 3.01. The van der Waals surface area contributed by atoms with E-state index >= 15 is 0 Å². The first kappa shape index (κ1) is 19.6. The summed E-state index contributed by atoms with van der Waals surface area (Å²) in [5.41, 5.74) is 6.82. The molecule has 0 bridgehead atoms. The summed E-state index contributed by atoms with van der Waals surface area (Å²) in [5, 5.41) is 1.02. The summed E-state index contributed by atoms with van der Waals surface area (Å²) >= 11 is 5.11. The number of amides is 1. The Bertz CT molecular complexity index is 652. The second kappa shape index (κ2) is 8.45. The molecule has 0 saturated carbocycles. The van der Waals surface area contributed by atoms with Crippen LogP contribution in [0.15, 0.2) is 22.7 Å². The molecular formula is C14H18BrCl2N3OS. The third-order valence-electron chi connectivity index (χ3n) is 3.52. The van der Waals surface area contributed by atoms with Gasteiger partial charge in [0.15, 0.2) is 0 Å². The first-order chi connectivity index (χ1) is 9.61. The van der Waals surface area contributed by atoms with Crippen LogP contribution in [0.25, 0.3) is 10.2 Å². The van der Waals surface area contributed by atoms with Gasteiger partial charge in [-0.1, -0.05) is 15.9 Å². The van der Waals surface area contributed by atoms with Crippen LogP contribution < -0.4 is 5.73 Å². The van der Waals surface area contributed by atoms with E-state index in [0.717, 1.165) is 28.0 Å². The normalized spacial score (nSPS) is 17.2. The number of carbonyl (C=O) groups is 1. The molecule has 0 spiro atoms. The Labute approximate surface area is 154 Å². The Morgan fingerprint density at radius 2 is 2.23 bits per heavy atom. The highest BCUT2D eigenvalue weighted by Gasteiger charge is 2.23. The van der Waals surface area contributed by atoms with Crippen molar-refractivity contribution in [2.24, 2.45) is 5.73 Å². The van der Waals surface area contributed by atoms with Gasteiger partial charge in [0.05, 0.1) is 15.2 Å². The van der Waals surface area contributed by atoms with E-state index in [1.165, 1.54) is 4.70 Å². The van der Waals surface area contributed by atoms with Crippen LogP contribution in [0.2, 0.25) is 0 Å². The Morgan fingerprint density at radius 1 is 1.45 bits per heavy atom. The van der Waals surface area contributed by atoms with Gasteiger partial charge in [-0.3, -0.25) is 4.79 Å². The smallest absolute Gasteiger partial charge is 0.223 e. The molecule has 1 aromatic carbocycles. The molecule has 1 aromatic heterocycles. The van der Waals surface area contributed by atoms with Gasteiger partial charge in [-0.05, 0) is 24.6 Å². The van der Waals surface area contributed by atoms with Gasteiger partial charge in [0.1, 0.15) is 0 Å². The number of thiazole rings is 1. The van der Waals surface area contributed by atoms with Gasteiger partial charge in [-0.2, -0.15) is 0 Å². The first-order valence-electron chi connectivity index (χ1n) is 6.70. The third-order valence-corrected chi connectivity index (χ3v) is 5.11. The fourth-order valence-corrected chi connectivity index (χ4v) is 3.74. The zero-order valence-corrected chi connectivity index (χ0v) is 15.9. The number of aromatic nitrogens is 1. The Kier molecular flexibility index (Phi) is 7.55. The van der Waals surface area contributed by atoms with Crippen molar-refractivity contribution >= 4 is 68.2 Å². The number of nitrogens with zero attached hydrogens (tertiary/aromatic N) is 2. The Morgan fingerprint density at radius 3 is 2.91 bits per heavy atom. The number of benzene rings is 1. The van der Waals surface area contributed by atoms with Crippen LogP contribution in [-0.2, 0) is 11.2 Å². The molecule has 4 nitrogen and oxygen atoms in total. The minimum atomic E-state index is 0. The fraction of sp³-hybridized carbons (Fsp3) is 0.429. The molecular weight excluding hydrogens is 409 g/mol. The molecule has 1 saturated heterocycles. The molecule has 0 radical (unpaired) electrons. The number of hydrogen-bond donors (Lipinski definition) is 1. The van der Waals surface area contributed by atoms with Crippen molar-refractivity contribution in [2.45, 2.75) is 25.3 Å². The van der Waals surface area contributed by atoms with E-state index in [1.54, 1.807) is 11.3 Å². The molecule has 2 aromatic rings. The van der Waals surface area contributed by atoms with Gasteiger partial charge in [-0.25, -0.2) is 4.98 Å². The second-order valence-electron chi connectivity index (χ2n) is 5.11. The van der Waals surface area contributed by atoms with E-state index in [9.17, 15) is 4.79 Å². The average molecular weight is 427 g/mol. The largest absolute Gasteiger partial charge is 0.341 e. The van der Waals surface area contributed by atoms with E-state index in [-0.39, 0.29) is 36.8 Å². The van der Waals surface area contributed by atoms with Crippen LogP contribution in [-0.4, -0.2) is 34.9 Å². The summed E-state index contributed by atoms with van der Waals surface area (Å²) in [6.45, 7) is 1.50. The van der Waals surface area contributed by atoms with Gasteiger partial charge in [0.25, 0.3) is 0 Å². The maximum Gasteiger partial charge on any atom is 0.223 e. The number of hydrogen-bond acceptors (Lipinski definition) is 4. The van der Waals surface area contributed by atoms with E-state index in [4.69, 9.17) is 5.73 Å². The molecule has 2 N–H and O–H groups in total. The van der Waals surface area contributed by atoms with Crippen LogP contribution in [0.1, 0.15) is 17.8 Å². The van der Waals surface area contributed by atoms with E-state index < -0.39 is 0 Å². The molecule has 22 heavy (non-hydrogen) atoms. The molecule has 3 rings (SSSR count). The van der Waals surface area contributed by atoms with Gasteiger partial charge in [0.2, 0.25) is 5.91 Å². The van der Waals surface area contributed by atoms with Crippen LogP contribution in [0.5, 0.6) is 0 Å². The highest BCUT2D eigenvalue weighted by Crippen LogP contribution is 2.26. The standard InChI is InChI=1S/C14H16BrN3OS.2ClH/c15-9-1-2-12-11(7-9)17-13(20-12)3-4-14(19)18-6-5-10(16)8-18;;/h1-2,7,10H,3-6,8,16H2;2*1H. The lowest BCUT2D eigenvalue weighted by atomic mass is 10.3. The van der Waals surface area contributed by atoms with Crippen LogP contribution >= 0.6 is 52.1 Å². The van der Waals surface area contributed by atoms with Crippen LogP contribution in [0.3, 0.4) is 0 Å². The van der Waals surface area contributed by atoms with E-state index in [2.05, 4.69) is 27.0 Å². The van der Waals surface area contributed by atoms with Crippen molar-refractivity contribution in [3.63, 3.8) is 0 Å². The topological polar surface area (TPSA) is 59.2 Å². The summed E-state index contributed by atoms with van der Waals surface area (Å²) in [4.78, 5) is 18.5. The molecule has 8 heteroatoms.